The van der Waals surface area contributed by atoms with E-state index in [1.807, 2.05) is 30.5 Å². The summed E-state index contributed by atoms with van der Waals surface area (Å²) >= 11 is 0. The monoisotopic (exact) mass is 240 g/mol. The molecule has 1 amide bonds. The highest BCUT2D eigenvalue weighted by atomic mass is 16.2. The summed E-state index contributed by atoms with van der Waals surface area (Å²) < 4.78 is 0. The van der Waals surface area contributed by atoms with E-state index in [4.69, 9.17) is 5.26 Å². The van der Waals surface area contributed by atoms with Crippen molar-refractivity contribution in [3.63, 3.8) is 0 Å². The Kier molecular flexibility index (Phi) is 3.39. The molecule has 0 aliphatic rings. The molecule has 1 heterocycles. The van der Waals surface area contributed by atoms with Crippen molar-refractivity contribution < 1.29 is 4.79 Å². The first-order chi connectivity index (χ1) is 8.70. The molecule has 2 aromatic rings. The number of H-pyrrole nitrogens is 1. The number of aromatic amines is 1. The maximum atomic E-state index is 11.1. The Hall–Kier alpha value is -2.61. The van der Waals surface area contributed by atoms with E-state index in [0.717, 1.165) is 16.5 Å². The normalized spacial score (nSPS) is 11.2. The summed E-state index contributed by atoms with van der Waals surface area (Å²) in [5.74, 6) is -0.403. The summed E-state index contributed by atoms with van der Waals surface area (Å²) in [5.41, 5.74) is 5.03. The third-order valence-corrected chi connectivity index (χ3v) is 2.56. The lowest BCUT2D eigenvalue weighted by atomic mass is 10.1. The van der Waals surface area contributed by atoms with Gasteiger partial charge in [0.15, 0.2) is 0 Å². The molecule has 2 N–H and O–H groups in total. The molecule has 1 aromatic heterocycles. The van der Waals surface area contributed by atoms with Crippen LogP contribution in [0, 0.1) is 11.3 Å². The zero-order valence-corrected chi connectivity index (χ0v) is 9.90. The van der Waals surface area contributed by atoms with Crippen LogP contribution in [-0.4, -0.2) is 16.6 Å². The Balaban J connectivity index is 2.17. The molecule has 0 atom stereocenters. The summed E-state index contributed by atoms with van der Waals surface area (Å²) in [6.07, 6.45) is 1.68. The smallest absolute Gasteiger partial charge is 0.254 e. The highest BCUT2D eigenvalue weighted by Gasteiger charge is 2.02. The zero-order valence-electron chi connectivity index (χ0n) is 9.90. The molecule has 0 fully saturated rings. The lowest BCUT2D eigenvalue weighted by Gasteiger charge is -2.01. The summed E-state index contributed by atoms with van der Waals surface area (Å²) in [7, 11) is 0. The van der Waals surface area contributed by atoms with Gasteiger partial charge in [0.1, 0.15) is 6.42 Å². The fourth-order valence-corrected chi connectivity index (χ4v) is 1.60. The van der Waals surface area contributed by atoms with Crippen molar-refractivity contribution in [1.82, 2.24) is 10.4 Å². The van der Waals surface area contributed by atoms with Gasteiger partial charge < -0.3 is 4.98 Å². The molecule has 0 spiro atoms. The summed E-state index contributed by atoms with van der Waals surface area (Å²) in [6.45, 7) is 1.81. The van der Waals surface area contributed by atoms with Crippen LogP contribution in [0.2, 0.25) is 0 Å². The fourth-order valence-electron chi connectivity index (χ4n) is 1.60. The number of carbonyl (C=O) groups excluding carboxylic acids is 1. The van der Waals surface area contributed by atoms with Gasteiger partial charge >= 0.3 is 0 Å². The molecule has 18 heavy (non-hydrogen) atoms. The Morgan fingerprint density at radius 3 is 3.11 bits per heavy atom. The first kappa shape index (κ1) is 11.9. The van der Waals surface area contributed by atoms with Crippen molar-refractivity contribution in [1.29, 1.82) is 5.26 Å². The third kappa shape index (κ3) is 2.55. The number of benzene rings is 1. The van der Waals surface area contributed by atoms with Crippen LogP contribution >= 0.6 is 0 Å². The van der Waals surface area contributed by atoms with Crippen LogP contribution in [-0.2, 0) is 4.79 Å². The van der Waals surface area contributed by atoms with Crippen LogP contribution in [0.15, 0.2) is 35.6 Å². The molecule has 0 radical (unpaired) electrons. The van der Waals surface area contributed by atoms with Gasteiger partial charge in [-0.2, -0.15) is 10.4 Å². The standard InChI is InChI=1S/C13H12N4O/c1-9(16-17-13(18)4-6-14)10-2-3-12-11(8-10)5-7-15-12/h2-3,5,7-8,15H,4H2,1H3,(H,17,18). The molecule has 0 aliphatic carbocycles. The molecule has 5 nitrogen and oxygen atoms in total. The lowest BCUT2D eigenvalue weighted by molar-refractivity contribution is -0.120. The van der Waals surface area contributed by atoms with Crippen molar-refractivity contribution in [3.8, 4) is 6.07 Å². The highest BCUT2D eigenvalue weighted by molar-refractivity contribution is 6.02. The number of nitrogens with one attached hydrogen (secondary N) is 2. The molecule has 90 valence electrons. The average Bonchev–Trinajstić information content (AvgIpc) is 2.83. The van der Waals surface area contributed by atoms with E-state index < -0.39 is 5.91 Å². The third-order valence-electron chi connectivity index (χ3n) is 2.56. The molecule has 0 saturated heterocycles. The van der Waals surface area contributed by atoms with Crippen LogP contribution in [0.3, 0.4) is 0 Å². The summed E-state index contributed by atoms with van der Waals surface area (Å²) in [6, 6.07) is 9.61. The van der Waals surface area contributed by atoms with Crippen molar-refractivity contribution in [3.05, 3.63) is 36.0 Å². The minimum Gasteiger partial charge on any atom is -0.361 e. The van der Waals surface area contributed by atoms with Crippen molar-refractivity contribution in [2.24, 2.45) is 5.10 Å². The van der Waals surface area contributed by atoms with Gasteiger partial charge in [-0.3, -0.25) is 4.79 Å². The van der Waals surface area contributed by atoms with Gasteiger partial charge in [-0.1, -0.05) is 6.07 Å². The van der Waals surface area contributed by atoms with Gasteiger partial charge in [-0.25, -0.2) is 5.43 Å². The predicted molar refractivity (Wildman–Crippen MR) is 68.9 cm³/mol. The van der Waals surface area contributed by atoms with Crippen LogP contribution in [0.5, 0.6) is 0 Å². The number of aromatic nitrogens is 1. The van der Waals surface area contributed by atoms with Gasteiger partial charge in [0.05, 0.1) is 11.8 Å². The quantitative estimate of drug-likeness (QED) is 0.634. The largest absolute Gasteiger partial charge is 0.361 e. The number of hydrogen-bond donors (Lipinski definition) is 2. The first-order valence-electron chi connectivity index (χ1n) is 5.48. The maximum Gasteiger partial charge on any atom is 0.254 e. The van der Waals surface area contributed by atoms with Gasteiger partial charge in [0.25, 0.3) is 5.91 Å². The van der Waals surface area contributed by atoms with Crippen LogP contribution in [0.4, 0.5) is 0 Å². The number of rotatable bonds is 3. The zero-order chi connectivity index (χ0) is 13.0. The Bertz CT molecular complexity index is 648. The van der Waals surface area contributed by atoms with Gasteiger partial charge in [0, 0.05) is 17.1 Å². The molecule has 5 heteroatoms. The number of carbonyl (C=O) groups is 1. The number of hydrazone groups is 1. The van der Waals surface area contributed by atoms with Gasteiger partial charge in [0.2, 0.25) is 0 Å². The average molecular weight is 240 g/mol. The van der Waals surface area contributed by atoms with Crippen LogP contribution < -0.4 is 5.43 Å². The predicted octanol–water partition coefficient (Wildman–Crippen LogP) is 1.92. The molecule has 0 saturated carbocycles. The second kappa shape index (κ2) is 5.15. The Labute approximate surface area is 104 Å². The topological polar surface area (TPSA) is 81.0 Å². The minimum atomic E-state index is -0.403. The minimum absolute atomic E-state index is 0.187. The first-order valence-corrected chi connectivity index (χ1v) is 5.48. The number of nitrogens with zero attached hydrogens (tertiary/aromatic N) is 2. The molecule has 1 aromatic carbocycles. The molecular formula is C13H12N4O. The summed E-state index contributed by atoms with van der Waals surface area (Å²) in [5, 5.41) is 13.4. The highest BCUT2D eigenvalue weighted by Crippen LogP contribution is 2.14. The number of hydrogen-bond acceptors (Lipinski definition) is 3. The summed E-state index contributed by atoms with van der Waals surface area (Å²) in [4.78, 5) is 14.2. The molecule has 0 aliphatic heterocycles. The fraction of sp³-hybridized carbons (Fsp3) is 0.154. The maximum absolute atomic E-state index is 11.1. The van der Waals surface area contributed by atoms with E-state index in [2.05, 4.69) is 15.5 Å². The van der Waals surface area contributed by atoms with Crippen LogP contribution in [0.1, 0.15) is 18.9 Å². The Morgan fingerprint density at radius 2 is 2.33 bits per heavy atom. The second-order valence-electron chi connectivity index (χ2n) is 3.85. The Morgan fingerprint density at radius 1 is 1.50 bits per heavy atom. The molecule has 0 unspecified atom stereocenters. The van der Waals surface area contributed by atoms with E-state index in [0.29, 0.717) is 5.71 Å². The van der Waals surface area contributed by atoms with Gasteiger partial charge in [-0.05, 0) is 30.7 Å². The molecule has 2 rings (SSSR count). The van der Waals surface area contributed by atoms with E-state index in [9.17, 15) is 4.79 Å². The van der Waals surface area contributed by atoms with Crippen LogP contribution in [0.25, 0.3) is 10.9 Å². The SMILES string of the molecule is CC(=NNC(=O)CC#N)c1ccc2[nH]ccc2c1. The van der Waals surface area contributed by atoms with E-state index >= 15 is 0 Å². The van der Waals surface area contributed by atoms with Crippen molar-refractivity contribution in [2.75, 3.05) is 0 Å². The lowest BCUT2D eigenvalue weighted by Crippen LogP contribution is -2.18. The number of amides is 1. The molecular weight excluding hydrogens is 228 g/mol. The van der Waals surface area contributed by atoms with Crippen molar-refractivity contribution >= 4 is 22.5 Å². The van der Waals surface area contributed by atoms with E-state index in [1.165, 1.54) is 0 Å². The number of nitriles is 1. The number of fused-ring (bicyclic) bond motifs is 1. The van der Waals surface area contributed by atoms with Gasteiger partial charge in [-0.15, -0.1) is 0 Å². The molecule has 0 bridgehead atoms. The van der Waals surface area contributed by atoms with E-state index in [1.54, 1.807) is 13.0 Å². The van der Waals surface area contributed by atoms with Crippen molar-refractivity contribution in [2.45, 2.75) is 13.3 Å². The second-order valence-corrected chi connectivity index (χ2v) is 3.85. The van der Waals surface area contributed by atoms with E-state index in [-0.39, 0.29) is 6.42 Å².